The Morgan fingerprint density at radius 1 is 1.00 bits per heavy atom. The van der Waals surface area contributed by atoms with E-state index in [4.69, 9.17) is 11.6 Å². The molecule has 3 aromatic carbocycles. The van der Waals surface area contributed by atoms with E-state index in [0.717, 1.165) is 22.6 Å². The number of aryl methyl sites for hydroxylation is 1. The van der Waals surface area contributed by atoms with E-state index in [-0.39, 0.29) is 11.7 Å². The molecular formula is C23H19ClN4OS. The van der Waals surface area contributed by atoms with Crippen LogP contribution in [0.1, 0.15) is 5.56 Å². The first kappa shape index (κ1) is 20.2. The Hall–Kier alpha value is -3.09. The number of carbonyl (C=O) groups is 1. The zero-order chi connectivity index (χ0) is 20.9. The Morgan fingerprint density at radius 3 is 2.50 bits per heavy atom. The second-order valence-electron chi connectivity index (χ2n) is 6.69. The highest BCUT2D eigenvalue weighted by atomic mass is 35.5. The first-order valence-electron chi connectivity index (χ1n) is 9.36. The van der Waals surface area contributed by atoms with Crippen molar-refractivity contribution in [2.24, 2.45) is 0 Å². The minimum atomic E-state index is -0.123. The van der Waals surface area contributed by atoms with Crippen LogP contribution in [0.15, 0.2) is 84.0 Å². The number of hydrogen-bond donors (Lipinski definition) is 1. The third-order valence-corrected chi connectivity index (χ3v) is 5.57. The number of rotatable bonds is 6. The van der Waals surface area contributed by atoms with Crippen molar-refractivity contribution < 1.29 is 4.79 Å². The average Bonchev–Trinajstić information content (AvgIpc) is 3.19. The van der Waals surface area contributed by atoms with E-state index in [1.54, 1.807) is 24.3 Å². The lowest BCUT2D eigenvalue weighted by atomic mass is 10.2. The SMILES string of the molecule is Cc1cccc(-n2c(SCC(=O)Nc3ccc(Cl)cc3)nnc2-c2ccccc2)c1. The van der Waals surface area contributed by atoms with Crippen LogP contribution in [-0.2, 0) is 4.79 Å². The molecule has 0 spiro atoms. The molecule has 0 unspecified atom stereocenters. The monoisotopic (exact) mass is 434 g/mol. The number of halogens is 1. The van der Waals surface area contributed by atoms with Crippen LogP contribution >= 0.6 is 23.4 Å². The van der Waals surface area contributed by atoms with E-state index < -0.39 is 0 Å². The fourth-order valence-corrected chi connectivity index (χ4v) is 3.88. The van der Waals surface area contributed by atoms with Gasteiger partial charge in [-0.3, -0.25) is 9.36 Å². The fraction of sp³-hybridized carbons (Fsp3) is 0.0870. The van der Waals surface area contributed by atoms with Gasteiger partial charge in [-0.05, 0) is 48.9 Å². The molecule has 1 heterocycles. The van der Waals surface area contributed by atoms with Crippen molar-refractivity contribution in [2.45, 2.75) is 12.1 Å². The molecule has 0 fully saturated rings. The predicted octanol–water partition coefficient (Wildman–Crippen LogP) is 5.63. The number of hydrogen-bond acceptors (Lipinski definition) is 4. The van der Waals surface area contributed by atoms with Gasteiger partial charge in [0.15, 0.2) is 11.0 Å². The quantitative estimate of drug-likeness (QED) is 0.400. The molecule has 0 radical (unpaired) electrons. The van der Waals surface area contributed by atoms with Crippen LogP contribution in [-0.4, -0.2) is 26.4 Å². The lowest BCUT2D eigenvalue weighted by Crippen LogP contribution is -2.14. The maximum absolute atomic E-state index is 12.4. The minimum absolute atomic E-state index is 0.123. The summed E-state index contributed by atoms with van der Waals surface area (Å²) >= 11 is 7.24. The van der Waals surface area contributed by atoms with Crippen LogP contribution in [0.2, 0.25) is 5.02 Å². The molecule has 0 atom stereocenters. The Labute approximate surface area is 184 Å². The second kappa shape index (κ2) is 9.15. The number of thioether (sulfide) groups is 1. The Bertz CT molecular complexity index is 1160. The maximum Gasteiger partial charge on any atom is 0.234 e. The lowest BCUT2D eigenvalue weighted by Gasteiger charge is -2.11. The number of anilines is 1. The van der Waals surface area contributed by atoms with Crippen molar-refractivity contribution in [2.75, 3.05) is 11.1 Å². The average molecular weight is 435 g/mol. The van der Waals surface area contributed by atoms with Crippen molar-refractivity contribution in [3.63, 3.8) is 0 Å². The summed E-state index contributed by atoms with van der Waals surface area (Å²) in [5, 5.41) is 12.9. The number of nitrogens with one attached hydrogen (secondary N) is 1. The number of aromatic nitrogens is 3. The summed E-state index contributed by atoms with van der Waals surface area (Å²) in [6, 6.07) is 25.1. The highest BCUT2D eigenvalue weighted by Gasteiger charge is 2.17. The Kier molecular flexibility index (Phi) is 6.16. The molecule has 0 saturated heterocycles. The molecule has 7 heteroatoms. The third-order valence-electron chi connectivity index (χ3n) is 4.39. The molecule has 1 amide bonds. The smallest absolute Gasteiger partial charge is 0.234 e. The van der Waals surface area contributed by atoms with Gasteiger partial charge >= 0.3 is 0 Å². The summed E-state index contributed by atoms with van der Waals surface area (Å²) in [6.45, 7) is 2.04. The highest BCUT2D eigenvalue weighted by molar-refractivity contribution is 7.99. The van der Waals surface area contributed by atoms with Gasteiger partial charge in [0.2, 0.25) is 5.91 Å². The minimum Gasteiger partial charge on any atom is -0.325 e. The topological polar surface area (TPSA) is 59.8 Å². The van der Waals surface area contributed by atoms with Crippen molar-refractivity contribution in [1.29, 1.82) is 0 Å². The fourth-order valence-electron chi connectivity index (χ4n) is 3.00. The second-order valence-corrected chi connectivity index (χ2v) is 8.07. The van der Waals surface area contributed by atoms with Gasteiger partial charge in [-0.1, -0.05) is 65.8 Å². The first-order valence-corrected chi connectivity index (χ1v) is 10.7. The van der Waals surface area contributed by atoms with Crippen LogP contribution < -0.4 is 5.32 Å². The molecule has 0 saturated carbocycles. The molecule has 0 aliphatic heterocycles. The molecule has 4 aromatic rings. The van der Waals surface area contributed by atoms with Crippen molar-refractivity contribution >= 4 is 35.0 Å². The number of nitrogens with zero attached hydrogens (tertiary/aromatic N) is 3. The highest BCUT2D eigenvalue weighted by Crippen LogP contribution is 2.28. The van der Waals surface area contributed by atoms with Crippen LogP contribution in [0.3, 0.4) is 0 Å². The molecule has 150 valence electrons. The molecule has 4 rings (SSSR count). The molecule has 0 aliphatic carbocycles. The van der Waals surface area contributed by atoms with Gasteiger partial charge in [-0.2, -0.15) is 0 Å². The van der Waals surface area contributed by atoms with Gasteiger partial charge in [0.1, 0.15) is 0 Å². The van der Waals surface area contributed by atoms with Crippen LogP contribution in [0.5, 0.6) is 0 Å². The molecule has 5 nitrogen and oxygen atoms in total. The summed E-state index contributed by atoms with van der Waals surface area (Å²) in [6.07, 6.45) is 0. The van der Waals surface area contributed by atoms with Crippen LogP contribution in [0.4, 0.5) is 5.69 Å². The van der Waals surface area contributed by atoms with Gasteiger partial charge in [-0.15, -0.1) is 10.2 Å². The normalized spacial score (nSPS) is 10.7. The standard InChI is InChI=1S/C23H19ClN4OS/c1-16-6-5-9-20(14-16)28-22(17-7-3-2-4-8-17)26-27-23(28)30-15-21(29)25-19-12-10-18(24)11-13-19/h2-14H,15H2,1H3,(H,25,29). The molecule has 0 bridgehead atoms. The number of benzene rings is 3. The van der Waals surface area contributed by atoms with Gasteiger partial charge in [0.25, 0.3) is 0 Å². The van der Waals surface area contributed by atoms with E-state index in [2.05, 4.69) is 21.6 Å². The van der Waals surface area contributed by atoms with Gasteiger partial charge in [0.05, 0.1) is 5.75 Å². The summed E-state index contributed by atoms with van der Waals surface area (Å²) in [5.74, 6) is 0.825. The summed E-state index contributed by atoms with van der Waals surface area (Å²) in [4.78, 5) is 12.4. The Balaban J connectivity index is 1.59. The maximum atomic E-state index is 12.4. The molecular weight excluding hydrogens is 416 g/mol. The van der Waals surface area contributed by atoms with E-state index in [9.17, 15) is 4.79 Å². The molecule has 30 heavy (non-hydrogen) atoms. The summed E-state index contributed by atoms with van der Waals surface area (Å²) in [5.41, 5.74) is 3.76. The van der Waals surface area contributed by atoms with Gasteiger partial charge in [0, 0.05) is 22.0 Å². The number of carbonyl (C=O) groups excluding carboxylic acids is 1. The third kappa shape index (κ3) is 4.72. The van der Waals surface area contributed by atoms with E-state index in [1.807, 2.05) is 60.0 Å². The zero-order valence-corrected chi connectivity index (χ0v) is 17.8. The summed E-state index contributed by atoms with van der Waals surface area (Å²) in [7, 11) is 0. The largest absolute Gasteiger partial charge is 0.325 e. The van der Waals surface area contributed by atoms with Crippen molar-refractivity contribution in [1.82, 2.24) is 14.8 Å². The first-order chi connectivity index (χ1) is 14.6. The predicted molar refractivity (Wildman–Crippen MR) is 122 cm³/mol. The Morgan fingerprint density at radius 2 is 1.77 bits per heavy atom. The molecule has 1 aromatic heterocycles. The van der Waals surface area contributed by atoms with Crippen molar-refractivity contribution in [3.8, 4) is 17.1 Å². The van der Waals surface area contributed by atoms with Crippen LogP contribution in [0.25, 0.3) is 17.1 Å². The number of amides is 1. The van der Waals surface area contributed by atoms with Crippen LogP contribution in [0, 0.1) is 6.92 Å². The van der Waals surface area contributed by atoms with E-state index >= 15 is 0 Å². The zero-order valence-electron chi connectivity index (χ0n) is 16.2. The molecule has 1 N–H and O–H groups in total. The van der Waals surface area contributed by atoms with E-state index in [1.165, 1.54) is 11.8 Å². The van der Waals surface area contributed by atoms with Crippen molar-refractivity contribution in [3.05, 3.63) is 89.4 Å². The summed E-state index contributed by atoms with van der Waals surface area (Å²) < 4.78 is 1.99. The van der Waals surface area contributed by atoms with Gasteiger partial charge < -0.3 is 5.32 Å². The van der Waals surface area contributed by atoms with Gasteiger partial charge in [-0.25, -0.2) is 0 Å². The lowest BCUT2D eigenvalue weighted by molar-refractivity contribution is -0.113. The molecule has 0 aliphatic rings. The van der Waals surface area contributed by atoms with E-state index in [0.29, 0.717) is 15.9 Å².